The second-order valence-corrected chi connectivity index (χ2v) is 6.92. The highest BCUT2D eigenvalue weighted by molar-refractivity contribution is 5.74. The molecule has 0 aliphatic rings. The van der Waals surface area contributed by atoms with Gasteiger partial charge in [0, 0.05) is 19.3 Å². The summed E-state index contributed by atoms with van der Waals surface area (Å²) in [5, 5.41) is 14.9. The second-order valence-electron chi connectivity index (χ2n) is 6.92. The lowest BCUT2D eigenvalue weighted by Gasteiger charge is -2.19. The number of rotatable bonds is 9. The SMILES string of the molecule is CCCCc1ccc(Nc2ncnc(N(C)Cc3ccccc3)c2[N+](=O)[O-])cc1. The molecule has 29 heavy (non-hydrogen) atoms. The van der Waals surface area contributed by atoms with E-state index in [0.29, 0.717) is 6.54 Å². The van der Waals surface area contributed by atoms with Crippen molar-refractivity contribution in [2.24, 2.45) is 0 Å². The summed E-state index contributed by atoms with van der Waals surface area (Å²) >= 11 is 0. The Kier molecular flexibility index (Phi) is 6.73. The van der Waals surface area contributed by atoms with Crippen LogP contribution in [0.3, 0.4) is 0 Å². The number of nitro groups is 1. The van der Waals surface area contributed by atoms with Gasteiger partial charge in [0.1, 0.15) is 6.33 Å². The Hall–Kier alpha value is -3.48. The maximum absolute atomic E-state index is 11.8. The molecule has 3 rings (SSSR count). The van der Waals surface area contributed by atoms with Crippen LogP contribution in [0.1, 0.15) is 30.9 Å². The molecule has 0 radical (unpaired) electrons. The molecule has 1 heterocycles. The molecule has 0 spiro atoms. The van der Waals surface area contributed by atoms with Crippen LogP contribution in [-0.4, -0.2) is 21.9 Å². The molecule has 3 aromatic rings. The fourth-order valence-corrected chi connectivity index (χ4v) is 3.11. The number of hydrogen-bond donors (Lipinski definition) is 1. The summed E-state index contributed by atoms with van der Waals surface area (Å²) in [5.41, 5.74) is 2.91. The van der Waals surface area contributed by atoms with Crippen LogP contribution in [0.4, 0.5) is 23.0 Å². The van der Waals surface area contributed by atoms with Crippen molar-refractivity contribution < 1.29 is 4.92 Å². The molecule has 7 heteroatoms. The van der Waals surface area contributed by atoms with E-state index in [9.17, 15) is 10.1 Å². The minimum Gasteiger partial charge on any atom is -0.349 e. The summed E-state index contributed by atoms with van der Waals surface area (Å²) in [5.74, 6) is 0.456. The van der Waals surface area contributed by atoms with E-state index in [1.165, 1.54) is 11.9 Å². The van der Waals surface area contributed by atoms with Crippen molar-refractivity contribution in [3.05, 3.63) is 82.2 Å². The van der Waals surface area contributed by atoms with Crippen LogP contribution in [0.25, 0.3) is 0 Å². The van der Waals surface area contributed by atoms with E-state index < -0.39 is 4.92 Å². The summed E-state index contributed by atoms with van der Waals surface area (Å²) in [4.78, 5) is 21.4. The van der Waals surface area contributed by atoms with Crippen LogP contribution in [0.15, 0.2) is 60.9 Å². The summed E-state index contributed by atoms with van der Waals surface area (Å²) in [6.07, 6.45) is 4.66. The van der Waals surface area contributed by atoms with Crippen molar-refractivity contribution in [1.29, 1.82) is 0 Å². The zero-order valence-corrected chi connectivity index (χ0v) is 16.7. The Balaban J connectivity index is 1.84. The highest BCUT2D eigenvalue weighted by Gasteiger charge is 2.25. The van der Waals surface area contributed by atoms with E-state index in [0.717, 1.165) is 30.5 Å². The quantitative estimate of drug-likeness (QED) is 0.403. The fraction of sp³-hybridized carbons (Fsp3) is 0.273. The molecule has 7 nitrogen and oxygen atoms in total. The maximum atomic E-state index is 11.8. The van der Waals surface area contributed by atoms with E-state index in [2.05, 4.69) is 22.2 Å². The Bertz CT molecular complexity index is 945. The Morgan fingerprint density at radius 1 is 1.03 bits per heavy atom. The zero-order valence-electron chi connectivity index (χ0n) is 16.7. The first kappa shape index (κ1) is 20.3. The molecule has 150 valence electrons. The molecule has 0 fully saturated rings. The molecule has 0 aliphatic carbocycles. The van der Waals surface area contributed by atoms with Crippen molar-refractivity contribution in [2.45, 2.75) is 32.7 Å². The topological polar surface area (TPSA) is 84.2 Å². The monoisotopic (exact) mass is 391 g/mol. The van der Waals surface area contributed by atoms with Crippen molar-refractivity contribution >= 4 is 23.0 Å². The summed E-state index contributed by atoms with van der Waals surface area (Å²) < 4.78 is 0. The van der Waals surface area contributed by atoms with Gasteiger partial charge in [0.2, 0.25) is 11.6 Å². The van der Waals surface area contributed by atoms with E-state index in [4.69, 9.17) is 0 Å². The summed E-state index contributed by atoms with van der Waals surface area (Å²) in [6.45, 7) is 2.67. The van der Waals surface area contributed by atoms with Gasteiger partial charge in [-0.05, 0) is 36.1 Å². The predicted octanol–water partition coefficient (Wildman–Crippen LogP) is 5.11. The van der Waals surface area contributed by atoms with Crippen LogP contribution in [0, 0.1) is 10.1 Å². The molecule has 0 amide bonds. The van der Waals surface area contributed by atoms with Gasteiger partial charge in [0.25, 0.3) is 0 Å². The smallest absolute Gasteiger partial charge is 0.349 e. The third-order valence-corrected chi connectivity index (χ3v) is 4.65. The van der Waals surface area contributed by atoms with Gasteiger partial charge in [-0.25, -0.2) is 9.97 Å². The first-order valence-corrected chi connectivity index (χ1v) is 9.69. The van der Waals surface area contributed by atoms with E-state index >= 15 is 0 Å². The number of unbranched alkanes of at least 4 members (excludes halogenated alkanes) is 1. The number of nitrogens with one attached hydrogen (secondary N) is 1. The molecule has 0 bridgehead atoms. The lowest BCUT2D eigenvalue weighted by molar-refractivity contribution is -0.383. The first-order valence-electron chi connectivity index (χ1n) is 9.69. The molecule has 0 unspecified atom stereocenters. The molecular formula is C22H25N5O2. The van der Waals surface area contributed by atoms with Gasteiger partial charge in [-0.3, -0.25) is 10.1 Å². The number of nitrogens with zero attached hydrogens (tertiary/aromatic N) is 4. The minimum absolute atomic E-state index is 0.138. The van der Waals surface area contributed by atoms with Crippen LogP contribution in [0.5, 0.6) is 0 Å². The highest BCUT2D eigenvalue weighted by atomic mass is 16.6. The van der Waals surface area contributed by atoms with Gasteiger partial charge in [0.05, 0.1) is 4.92 Å². The average Bonchev–Trinajstić information content (AvgIpc) is 2.73. The molecule has 0 saturated heterocycles. The predicted molar refractivity (Wildman–Crippen MR) is 116 cm³/mol. The molecule has 1 N–H and O–H groups in total. The summed E-state index contributed by atoms with van der Waals surface area (Å²) in [7, 11) is 1.79. The number of anilines is 3. The van der Waals surface area contributed by atoms with Crippen molar-refractivity contribution in [3.8, 4) is 0 Å². The van der Waals surface area contributed by atoms with Gasteiger partial charge in [-0.2, -0.15) is 0 Å². The molecular weight excluding hydrogens is 366 g/mol. The van der Waals surface area contributed by atoms with Crippen molar-refractivity contribution in [1.82, 2.24) is 9.97 Å². The van der Waals surface area contributed by atoms with Gasteiger partial charge >= 0.3 is 5.69 Å². The normalized spacial score (nSPS) is 10.6. The fourth-order valence-electron chi connectivity index (χ4n) is 3.11. The van der Waals surface area contributed by atoms with Crippen molar-refractivity contribution in [2.75, 3.05) is 17.3 Å². The Morgan fingerprint density at radius 3 is 2.41 bits per heavy atom. The van der Waals surface area contributed by atoms with Crippen molar-refractivity contribution in [3.63, 3.8) is 0 Å². The minimum atomic E-state index is -0.436. The number of hydrogen-bond acceptors (Lipinski definition) is 6. The third kappa shape index (κ3) is 5.28. The second kappa shape index (κ2) is 9.64. The van der Waals surface area contributed by atoms with E-state index in [1.54, 1.807) is 11.9 Å². The molecule has 1 aromatic heterocycles. The largest absolute Gasteiger partial charge is 0.353 e. The maximum Gasteiger partial charge on any atom is 0.353 e. The standard InChI is InChI=1S/C22H25N5O2/c1-3-4-8-17-11-13-19(14-12-17)25-21-20(27(28)29)22(24-16-23-21)26(2)15-18-9-6-5-7-10-18/h5-7,9-14,16H,3-4,8,15H2,1-2H3,(H,23,24,25). The van der Waals surface area contributed by atoms with E-state index in [1.807, 2.05) is 54.6 Å². The number of aromatic nitrogens is 2. The Labute approximate surface area is 170 Å². The Morgan fingerprint density at radius 2 is 1.76 bits per heavy atom. The van der Waals surface area contributed by atoms with Gasteiger partial charge in [0.15, 0.2) is 0 Å². The summed E-state index contributed by atoms with van der Waals surface area (Å²) in [6, 6.07) is 17.7. The van der Waals surface area contributed by atoms with Gasteiger partial charge in [-0.1, -0.05) is 55.8 Å². The lowest BCUT2D eigenvalue weighted by Crippen LogP contribution is -2.20. The molecule has 2 aromatic carbocycles. The molecule has 0 aliphatic heterocycles. The average molecular weight is 391 g/mol. The number of benzene rings is 2. The molecule has 0 saturated carbocycles. The van der Waals surface area contributed by atoms with Crippen LogP contribution in [0.2, 0.25) is 0 Å². The van der Waals surface area contributed by atoms with Crippen LogP contribution in [-0.2, 0) is 13.0 Å². The van der Waals surface area contributed by atoms with E-state index in [-0.39, 0.29) is 17.3 Å². The zero-order chi connectivity index (χ0) is 20.6. The number of aryl methyl sites for hydroxylation is 1. The van der Waals surface area contributed by atoms with Gasteiger partial charge in [-0.15, -0.1) is 0 Å². The van der Waals surface area contributed by atoms with Gasteiger partial charge < -0.3 is 10.2 Å². The lowest BCUT2D eigenvalue weighted by atomic mass is 10.1. The molecule has 0 atom stereocenters. The van der Waals surface area contributed by atoms with Crippen LogP contribution >= 0.6 is 0 Å². The first-order chi connectivity index (χ1) is 14.1. The van der Waals surface area contributed by atoms with Crippen LogP contribution < -0.4 is 10.2 Å². The highest BCUT2D eigenvalue weighted by Crippen LogP contribution is 2.33. The third-order valence-electron chi connectivity index (χ3n) is 4.65.